The van der Waals surface area contributed by atoms with Crippen molar-refractivity contribution in [2.45, 2.75) is 302 Å². The van der Waals surface area contributed by atoms with Gasteiger partial charge < -0.3 is 15.5 Å². The van der Waals surface area contributed by atoms with Crippen LogP contribution in [0.2, 0.25) is 0 Å². The molecule has 0 fully saturated rings. The molecule has 0 rings (SSSR count). The fourth-order valence-electron chi connectivity index (χ4n) is 9.17. The van der Waals surface area contributed by atoms with Crippen LogP contribution in [0.25, 0.3) is 0 Å². The van der Waals surface area contributed by atoms with E-state index >= 15 is 0 Å². The maximum Gasteiger partial charge on any atom is 0.220 e. The van der Waals surface area contributed by atoms with Crippen molar-refractivity contribution < 1.29 is 15.0 Å². The lowest BCUT2D eigenvalue weighted by atomic mass is 10.0. The normalized spacial score (nSPS) is 13.8. The van der Waals surface area contributed by atoms with Gasteiger partial charge in [0.05, 0.1) is 18.8 Å². The van der Waals surface area contributed by atoms with E-state index in [2.05, 4.69) is 153 Å². The van der Waals surface area contributed by atoms with Crippen LogP contribution < -0.4 is 5.32 Å². The zero-order chi connectivity index (χ0) is 55.5. The molecule has 0 radical (unpaired) electrons. The Labute approximate surface area is 478 Å². The van der Waals surface area contributed by atoms with E-state index in [9.17, 15) is 15.0 Å². The second kappa shape index (κ2) is 66.5. The summed E-state index contributed by atoms with van der Waals surface area (Å²) in [7, 11) is 0. The number of aliphatic hydroxyl groups excluding tert-OH is 2. The van der Waals surface area contributed by atoms with E-state index < -0.39 is 12.1 Å². The van der Waals surface area contributed by atoms with Crippen LogP contribution >= 0.6 is 0 Å². The fraction of sp³-hybridized carbons (Fsp3) is 0.658. The van der Waals surface area contributed by atoms with Crippen LogP contribution in [0.5, 0.6) is 0 Å². The quantitative estimate of drug-likeness (QED) is 0.0420. The molecule has 0 aromatic carbocycles. The first-order valence-corrected chi connectivity index (χ1v) is 32.5. The van der Waals surface area contributed by atoms with E-state index in [0.717, 1.165) is 103 Å². The first-order valence-electron chi connectivity index (χ1n) is 32.5. The lowest BCUT2D eigenvalue weighted by Gasteiger charge is -2.19. The minimum atomic E-state index is -0.894. The lowest BCUT2D eigenvalue weighted by Crippen LogP contribution is -2.45. The number of unbranched alkanes of at least 4 members (excludes halogenated alkanes) is 29. The summed E-state index contributed by atoms with van der Waals surface area (Å²) in [5.74, 6) is -0.120. The molecule has 2 atom stereocenters. The van der Waals surface area contributed by atoms with Crippen molar-refractivity contribution in [2.24, 2.45) is 0 Å². The molecule has 0 aromatic rings. The van der Waals surface area contributed by atoms with Gasteiger partial charge in [0.2, 0.25) is 5.91 Å². The van der Waals surface area contributed by atoms with Gasteiger partial charge in [0.25, 0.3) is 0 Å². The second-order valence-electron chi connectivity index (χ2n) is 21.4. The number of carbonyl (C=O) groups excluding carboxylic acids is 1. The van der Waals surface area contributed by atoms with Crippen molar-refractivity contribution >= 4 is 5.91 Å². The topological polar surface area (TPSA) is 69.6 Å². The average Bonchev–Trinajstić information content (AvgIpc) is 3.43. The van der Waals surface area contributed by atoms with Crippen LogP contribution in [-0.4, -0.2) is 34.9 Å². The van der Waals surface area contributed by atoms with E-state index in [0.29, 0.717) is 6.42 Å². The standard InChI is InChI=1S/C73H123NO3/c1-3-5-7-9-11-13-15-17-19-21-23-25-27-29-31-33-35-37-39-41-43-45-47-49-51-53-55-57-59-61-63-65-67-69-73(77)74-71(70-75)72(76)68-66-64-62-60-58-56-54-52-50-48-46-44-42-40-38-36-34-32-30-28-26-24-22-20-18-16-14-12-10-8-6-4-2/h5,7,11,13,17,19,23,25,29,31,35,37,41,43,47,49,53,55,58-61,66,68,71-72,75-76H,3-4,6,8-10,12,14-16,18,20-22,24,26-28,30,32-34,36,38-40,42,44-46,48,50-52,54,56-57,62-65,67,69-70H2,1-2H3,(H,74,77)/b7-5-,13-11-,19-17-,25-23-,31-29-,37-35-,43-41-,49-47-,55-53-,60-58+,61-59-,68-66+. The van der Waals surface area contributed by atoms with Crippen LogP contribution in [0.4, 0.5) is 0 Å². The van der Waals surface area contributed by atoms with Crippen molar-refractivity contribution in [3.63, 3.8) is 0 Å². The van der Waals surface area contributed by atoms with E-state index in [4.69, 9.17) is 0 Å². The molecule has 77 heavy (non-hydrogen) atoms. The van der Waals surface area contributed by atoms with Crippen molar-refractivity contribution in [3.8, 4) is 0 Å². The molecular formula is C73H123NO3. The summed E-state index contributed by atoms with van der Waals surface area (Å²) in [6.45, 7) is 4.18. The van der Waals surface area contributed by atoms with E-state index in [1.807, 2.05) is 6.08 Å². The van der Waals surface area contributed by atoms with Crippen molar-refractivity contribution in [3.05, 3.63) is 146 Å². The average molecular weight is 1060 g/mol. The summed E-state index contributed by atoms with van der Waals surface area (Å²) in [5, 5.41) is 23.2. The van der Waals surface area contributed by atoms with Gasteiger partial charge in [0.1, 0.15) is 0 Å². The molecule has 0 spiro atoms. The Morgan fingerprint density at radius 2 is 0.584 bits per heavy atom. The van der Waals surface area contributed by atoms with Gasteiger partial charge in [-0.05, 0) is 109 Å². The van der Waals surface area contributed by atoms with Gasteiger partial charge in [-0.2, -0.15) is 0 Å². The van der Waals surface area contributed by atoms with Gasteiger partial charge in [0.15, 0.2) is 0 Å². The Morgan fingerprint density at radius 1 is 0.325 bits per heavy atom. The summed E-state index contributed by atoms with van der Waals surface area (Å²) in [4.78, 5) is 12.5. The fourth-order valence-corrected chi connectivity index (χ4v) is 9.17. The molecular weight excluding hydrogens is 939 g/mol. The van der Waals surface area contributed by atoms with Gasteiger partial charge in [-0.15, -0.1) is 0 Å². The smallest absolute Gasteiger partial charge is 0.220 e. The van der Waals surface area contributed by atoms with Crippen LogP contribution in [0.3, 0.4) is 0 Å². The molecule has 0 aliphatic rings. The Bertz CT molecular complexity index is 1580. The Kier molecular flexibility index (Phi) is 63.3. The molecule has 4 nitrogen and oxygen atoms in total. The number of carbonyl (C=O) groups is 1. The molecule has 4 heteroatoms. The summed E-state index contributed by atoms with van der Waals surface area (Å²) in [6.07, 6.45) is 105. The largest absolute Gasteiger partial charge is 0.394 e. The van der Waals surface area contributed by atoms with Crippen LogP contribution in [0.15, 0.2) is 146 Å². The van der Waals surface area contributed by atoms with E-state index in [-0.39, 0.29) is 12.5 Å². The third-order valence-electron chi connectivity index (χ3n) is 14.1. The van der Waals surface area contributed by atoms with Gasteiger partial charge in [0, 0.05) is 6.42 Å². The predicted molar refractivity (Wildman–Crippen MR) is 345 cm³/mol. The predicted octanol–water partition coefficient (Wildman–Crippen LogP) is 22.3. The SMILES string of the molecule is CC/C=C\C/C=C\C/C=C\C/C=C\C/C=C\C/C=C\C/C=C\C/C=C\C/C=C\C/C=C\CCCCC(=O)NC(CO)C(O)/C=C/CC/C=C/CCCCCCCCCCCCCCCCCCCCCCCCCCCC. The highest BCUT2D eigenvalue weighted by molar-refractivity contribution is 5.76. The number of amides is 1. The van der Waals surface area contributed by atoms with Gasteiger partial charge in [-0.3, -0.25) is 4.79 Å². The molecule has 2 unspecified atom stereocenters. The van der Waals surface area contributed by atoms with Gasteiger partial charge in [-0.25, -0.2) is 0 Å². The number of hydrogen-bond donors (Lipinski definition) is 3. The first-order chi connectivity index (χ1) is 38.2. The Hall–Kier alpha value is -3.73. The maximum atomic E-state index is 12.5. The molecule has 0 heterocycles. The molecule has 0 aliphatic carbocycles. The van der Waals surface area contributed by atoms with E-state index in [1.165, 1.54) is 167 Å². The van der Waals surface area contributed by atoms with Crippen molar-refractivity contribution in [1.82, 2.24) is 5.32 Å². The summed E-state index contributed by atoms with van der Waals surface area (Å²) < 4.78 is 0. The highest BCUT2D eigenvalue weighted by Crippen LogP contribution is 2.17. The molecule has 0 aromatic heterocycles. The zero-order valence-corrected chi connectivity index (χ0v) is 50.4. The lowest BCUT2D eigenvalue weighted by molar-refractivity contribution is -0.123. The number of hydrogen-bond acceptors (Lipinski definition) is 3. The van der Waals surface area contributed by atoms with Crippen LogP contribution in [0.1, 0.15) is 290 Å². The van der Waals surface area contributed by atoms with Crippen molar-refractivity contribution in [1.29, 1.82) is 0 Å². The van der Waals surface area contributed by atoms with Gasteiger partial charge >= 0.3 is 0 Å². The zero-order valence-electron chi connectivity index (χ0n) is 50.4. The summed E-state index contributed by atoms with van der Waals surface area (Å²) in [5.41, 5.74) is 0. The third-order valence-corrected chi connectivity index (χ3v) is 14.1. The molecule has 0 saturated carbocycles. The molecule has 1 amide bonds. The summed E-state index contributed by atoms with van der Waals surface area (Å²) >= 11 is 0. The highest BCUT2D eigenvalue weighted by atomic mass is 16.3. The third kappa shape index (κ3) is 63.0. The number of nitrogens with one attached hydrogen (secondary N) is 1. The second-order valence-corrected chi connectivity index (χ2v) is 21.4. The first kappa shape index (κ1) is 73.3. The highest BCUT2D eigenvalue weighted by Gasteiger charge is 2.17. The number of allylic oxidation sites excluding steroid dienone is 23. The molecule has 438 valence electrons. The molecule has 0 aliphatic heterocycles. The molecule has 3 N–H and O–H groups in total. The summed E-state index contributed by atoms with van der Waals surface area (Å²) in [6, 6.07) is -0.676. The van der Waals surface area contributed by atoms with Gasteiger partial charge in [-0.1, -0.05) is 320 Å². The monoisotopic (exact) mass is 1060 g/mol. The Balaban J connectivity index is 3.66. The number of rotatable bonds is 58. The van der Waals surface area contributed by atoms with Crippen LogP contribution in [-0.2, 0) is 4.79 Å². The molecule has 0 bridgehead atoms. The number of aliphatic hydroxyl groups is 2. The minimum Gasteiger partial charge on any atom is -0.394 e. The Morgan fingerprint density at radius 3 is 0.909 bits per heavy atom. The minimum absolute atomic E-state index is 0.120. The molecule has 0 saturated heterocycles. The van der Waals surface area contributed by atoms with Crippen LogP contribution in [0, 0.1) is 0 Å². The van der Waals surface area contributed by atoms with Crippen molar-refractivity contribution in [2.75, 3.05) is 6.61 Å². The van der Waals surface area contributed by atoms with E-state index in [1.54, 1.807) is 6.08 Å². The maximum absolute atomic E-state index is 12.5.